The second kappa shape index (κ2) is 9.08. The maximum atomic E-state index is 12.7. The van der Waals surface area contributed by atoms with Crippen molar-refractivity contribution in [2.45, 2.75) is 20.0 Å². The van der Waals surface area contributed by atoms with Gasteiger partial charge in [0.2, 0.25) is 0 Å². The van der Waals surface area contributed by atoms with E-state index < -0.39 is 34.5 Å². The standard InChI is InChI=1S/C21H19N3O7/c1-3-30-21(27)13(2)31-18-10-9-14(12-17(18)24(28)29)11-16-19(25)22-23(20(16)26)15-7-5-4-6-8-15/h4-13H,3H2,1-2H3,(H,22,25)/b16-11-/t13-/m0/s1. The van der Waals surface area contributed by atoms with Crippen LogP contribution in [0.1, 0.15) is 19.4 Å². The lowest BCUT2D eigenvalue weighted by Crippen LogP contribution is -2.35. The fourth-order valence-electron chi connectivity index (χ4n) is 2.85. The lowest BCUT2D eigenvalue weighted by atomic mass is 10.1. The number of para-hydroxylation sites is 1. The first-order valence-corrected chi connectivity index (χ1v) is 9.35. The lowest BCUT2D eigenvalue weighted by molar-refractivity contribution is -0.386. The molecule has 2 amide bonds. The van der Waals surface area contributed by atoms with Crippen molar-refractivity contribution in [2.24, 2.45) is 0 Å². The van der Waals surface area contributed by atoms with E-state index in [1.54, 1.807) is 37.3 Å². The molecule has 1 fully saturated rings. The van der Waals surface area contributed by atoms with Crippen molar-refractivity contribution < 1.29 is 28.8 Å². The number of hydrazine groups is 1. The van der Waals surface area contributed by atoms with Gasteiger partial charge in [-0.15, -0.1) is 0 Å². The zero-order chi connectivity index (χ0) is 22.5. The molecule has 0 aromatic heterocycles. The smallest absolute Gasteiger partial charge is 0.347 e. The van der Waals surface area contributed by atoms with Gasteiger partial charge in [0.15, 0.2) is 11.9 Å². The summed E-state index contributed by atoms with van der Waals surface area (Å²) in [6, 6.07) is 12.4. The highest BCUT2D eigenvalue weighted by atomic mass is 16.6. The molecule has 0 unspecified atom stereocenters. The van der Waals surface area contributed by atoms with Crippen LogP contribution in [0, 0.1) is 10.1 Å². The first-order valence-electron chi connectivity index (χ1n) is 9.35. The van der Waals surface area contributed by atoms with Crippen molar-refractivity contribution >= 4 is 35.2 Å². The molecule has 3 rings (SSSR count). The van der Waals surface area contributed by atoms with Gasteiger partial charge in [0.1, 0.15) is 5.57 Å². The Morgan fingerprint density at radius 3 is 2.58 bits per heavy atom. The number of hydrogen-bond acceptors (Lipinski definition) is 7. The van der Waals surface area contributed by atoms with Crippen LogP contribution < -0.4 is 15.2 Å². The van der Waals surface area contributed by atoms with E-state index in [1.165, 1.54) is 25.1 Å². The zero-order valence-electron chi connectivity index (χ0n) is 16.7. The van der Waals surface area contributed by atoms with Crippen LogP contribution in [0.5, 0.6) is 5.75 Å². The molecule has 0 aliphatic carbocycles. The third kappa shape index (κ3) is 4.69. The molecule has 0 radical (unpaired) electrons. The van der Waals surface area contributed by atoms with Gasteiger partial charge >= 0.3 is 11.7 Å². The fourth-order valence-corrected chi connectivity index (χ4v) is 2.85. The van der Waals surface area contributed by atoms with E-state index in [9.17, 15) is 24.5 Å². The average Bonchev–Trinajstić information content (AvgIpc) is 3.03. The zero-order valence-corrected chi connectivity index (χ0v) is 16.7. The molecular formula is C21H19N3O7. The van der Waals surface area contributed by atoms with Crippen molar-refractivity contribution in [1.82, 2.24) is 5.43 Å². The number of ether oxygens (including phenoxy) is 2. The van der Waals surface area contributed by atoms with Gasteiger partial charge in [-0.1, -0.05) is 24.3 Å². The van der Waals surface area contributed by atoms with Crippen molar-refractivity contribution in [3.8, 4) is 5.75 Å². The second-order valence-electron chi connectivity index (χ2n) is 6.47. The van der Waals surface area contributed by atoms with E-state index in [-0.39, 0.29) is 23.5 Å². The summed E-state index contributed by atoms with van der Waals surface area (Å²) in [6.07, 6.45) is 0.205. The Morgan fingerprint density at radius 1 is 1.23 bits per heavy atom. The quantitative estimate of drug-likeness (QED) is 0.237. The number of amides is 2. The minimum absolute atomic E-state index is 0.138. The Balaban J connectivity index is 1.88. The molecule has 1 heterocycles. The Bertz CT molecular complexity index is 1070. The Kier molecular flexibility index (Phi) is 6.29. The Morgan fingerprint density at radius 2 is 1.94 bits per heavy atom. The third-order valence-electron chi connectivity index (χ3n) is 4.32. The van der Waals surface area contributed by atoms with Crippen LogP contribution >= 0.6 is 0 Å². The number of nitrogens with one attached hydrogen (secondary N) is 1. The van der Waals surface area contributed by atoms with Crippen LogP contribution in [0.15, 0.2) is 54.1 Å². The van der Waals surface area contributed by atoms with E-state index in [0.29, 0.717) is 5.69 Å². The predicted molar refractivity (Wildman–Crippen MR) is 110 cm³/mol. The molecule has 10 nitrogen and oxygen atoms in total. The summed E-state index contributed by atoms with van der Waals surface area (Å²) in [6.45, 7) is 3.20. The topological polar surface area (TPSA) is 128 Å². The van der Waals surface area contributed by atoms with Gasteiger partial charge in [-0.3, -0.25) is 25.1 Å². The summed E-state index contributed by atoms with van der Waals surface area (Å²) in [4.78, 5) is 47.5. The van der Waals surface area contributed by atoms with Crippen LogP contribution in [0.2, 0.25) is 0 Å². The largest absolute Gasteiger partial charge is 0.472 e. The first kappa shape index (κ1) is 21.5. The molecule has 0 spiro atoms. The highest BCUT2D eigenvalue weighted by molar-refractivity contribution is 6.31. The SMILES string of the molecule is CCOC(=O)[C@H](C)Oc1ccc(/C=C2/C(=O)NN(c3ccccc3)C2=O)cc1[N+](=O)[O-]. The molecule has 0 saturated carbocycles. The van der Waals surface area contributed by atoms with Crippen LogP contribution in [0.3, 0.4) is 0 Å². The van der Waals surface area contributed by atoms with Gasteiger partial charge in [-0.05, 0) is 43.7 Å². The van der Waals surface area contributed by atoms with Crippen molar-refractivity contribution in [3.63, 3.8) is 0 Å². The molecule has 1 aliphatic rings. The number of rotatable bonds is 7. The highest BCUT2D eigenvalue weighted by Crippen LogP contribution is 2.30. The van der Waals surface area contributed by atoms with Gasteiger partial charge in [-0.25, -0.2) is 9.80 Å². The number of anilines is 1. The fraction of sp³-hybridized carbons (Fsp3) is 0.190. The minimum Gasteiger partial charge on any atom is -0.472 e. The van der Waals surface area contributed by atoms with Gasteiger partial charge < -0.3 is 9.47 Å². The Labute approximate surface area is 177 Å². The van der Waals surface area contributed by atoms with Crippen molar-refractivity contribution in [3.05, 3.63) is 69.8 Å². The molecule has 1 N–H and O–H groups in total. The number of carbonyl (C=O) groups excluding carboxylic acids is 3. The number of esters is 1. The number of nitro groups is 1. The number of nitrogens with zero attached hydrogens (tertiary/aromatic N) is 2. The normalized spacial score (nSPS) is 15.5. The second-order valence-corrected chi connectivity index (χ2v) is 6.47. The Hall–Kier alpha value is -4.21. The van der Waals surface area contributed by atoms with E-state index in [4.69, 9.17) is 9.47 Å². The summed E-state index contributed by atoms with van der Waals surface area (Å²) in [5.41, 5.74) is 2.59. The summed E-state index contributed by atoms with van der Waals surface area (Å²) >= 11 is 0. The van der Waals surface area contributed by atoms with Gasteiger partial charge in [0.05, 0.1) is 17.2 Å². The van der Waals surface area contributed by atoms with Crippen LogP contribution in [0.4, 0.5) is 11.4 Å². The predicted octanol–water partition coefficient (Wildman–Crippen LogP) is 2.39. The van der Waals surface area contributed by atoms with E-state index >= 15 is 0 Å². The molecule has 160 valence electrons. The summed E-state index contributed by atoms with van der Waals surface area (Å²) < 4.78 is 10.2. The number of hydrogen-bond donors (Lipinski definition) is 1. The highest BCUT2D eigenvalue weighted by Gasteiger charge is 2.34. The maximum absolute atomic E-state index is 12.7. The van der Waals surface area contributed by atoms with Crippen molar-refractivity contribution in [2.75, 3.05) is 11.6 Å². The van der Waals surface area contributed by atoms with E-state index in [0.717, 1.165) is 11.1 Å². The molecule has 2 aromatic carbocycles. The first-order chi connectivity index (χ1) is 14.8. The van der Waals surface area contributed by atoms with Gasteiger partial charge in [-0.2, -0.15) is 0 Å². The minimum atomic E-state index is -1.05. The van der Waals surface area contributed by atoms with Gasteiger partial charge in [0, 0.05) is 6.07 Å². The average molecular weight is 425 g/mol. The number of nitro benzene ring substituents is 1. The molecular weight excluding hydrogens is 406 g/mol. The summed E-state index contributed by atoms with van der Waals surface area (Å²) in [7, 11) is 0. The molecule has 1 aliphatic heterocycles. The number of benzene rings is 2. The number of carbonyl (C=O) groups is 3. The summed E-state index contributed by atoms with van der Waals surface area (Å²) in [5.74, 6) is -2.01. The molecule has 0 bridgehead atoms. The molecule has 1 atom stereocenters. The molecule has 31 heavy (non-hydrogen) atoms. The molecule has 1 saturated heterocycles. The molecule has 10 heteroatoms. The van der Waals surface area contributed by atoms with E-state index in [2.05, 4.69) is 5.43 Å². The third-order valence-corrected chi connectivity index (χ3v) is 4.32. The monoisotopic (exact) mass is 425 g/mol. The van der Waals surface area contributed by atoms with Gasteiger partial charge in [0.25, 0.3) is 11.8 Å². The summed E-state index contributed by atoms with van der Waals surface area (Å²) in [5, 5.41) is 12.6. The van der Waals surface area contributed by atoms with Crippen molar-refractivity contribution in [1.29, 1.82) is 0 Å². The van der Waals surface area contributed by atoms with Crippen LogP contribution in [-0.2, 0) is 19.1 Å². The maximum Gasteiger partial charge on any atom is 0.347 e. The molecule has 2 aromatic rings. The van der Waals surface area contributed by atoms with Crippen LogP contribution in [0.25, 0.3) is 6.08 Å². The van der Waals surface area contributed by atoms with E-state index in [1.807, 2.05) is 0 Å². The van der Waals surface area contributed by atoms with Crippen LogP contribution in [-0.4, -0.2) is 35.4 Å². The lowest BCUT2D eigenvalue weighted by Gasteiger charge is -2.14.